The van der Waals surface area contributed by atoms with Gasteiger partial charge in [0.15, 0.2) is 7.14 Å². The van der Waals surface area contributed by atoms with Crippen LogP contribution in [-0.4, -0.2) is 0 Å². The molecule has 0 aromatic heterocycles. The molecule has 0 bridgehead atoms. The first-order valence-electron chi connectivity index (χ1n) is 8.25. The van der Waals surface area contributed by atoms with Gasteiger partial charge in [-0.2, -0.15) is 0 Å². The molecule has 0 saturated heterocycles. The van der Waals surface area contributed by atoms with Gasteiger partial charge in [-0.15, -0.1) is 0 Å². The zero-order valence-corrected chi connectivity index (χ0v) is 14.6. The van der Waals surface area contributed by atoms with E-state index in [0.717, 1.165) is 27.3 Å². The summed E-state index contributed by atoms with van der Waals surface area (Å²) in [6.07, 6.45) is 5.93. The molecule has 3 aromatic carbocycles. The van der Waals surface area contributed by atoms with Crippen molar-refractivity contribution in [2.24, 2.45) is 0 Å². The Kier molecular flexibility index (Phi) is 4.13. The molecule has 1 heterocycles. The highest BCUT2D eigenvalue weighted by Gasteiger charge is 2.32. The molecule has 0 fully saturated rings. The van der Waals surface area contributed by atoms with Gasteiger partial charge in [0.1, 0.15) is 0 Å². The van der Waals surface area contributed by atoms with Crippen molar-refractivity contribution < 1.29 is 4.57 Å². The maximum absolute atomic E-state index is 14.4. The fourth-order valence-corrected chi connectivity index (χ4v) is 5.68. The maximum atomic E-state index is 14.4. The highest BCUT2D eigenvalue weighted by Crippen LogP contribution is 2.52. The van der Waals surface area contributed by atoms with Crippen LogP contribution in [0.15, 0.2) is 103 Å². The lowest BCUT2D eigenvalue weighted by Crippen LogP contribution is -2.20. The number of nitrogens with one attached hydrogen (secondary N) is 1. The Hall–Kier alpha value is -2.83. The number of hydrogen-bond acceptors (Lipinski definition) is 2. The van der Waals surface area contributed by atoms with Crippen molar-refractivity contribution in [3.63, 3.8) is 0 Å². The second-order valence-electron chi connectivity index (χ2n) is 5.90. The summed E-state index contributed by atoms with van der Waals surface area (Å²) in [5, 5.41) is 5.09. The Morgan fingerprint density at radius 1 is 0.680 bits per heavy atom. The van der Waals surface area contributed by atoms with Crippen molar-refractivity contribution in [2.75, 3.05) is 5.32 Å². The van der Waals surface area contributed by atoms with E-state index >= 15 is 0 Å². The summed E-state index contributed by atoms with van der Waals surface area (Å²) in [7, 11) is -2.98. The van der Waals surface area contributed by atoms with Crippen LogP contribution in [0.2, 0.25) is 0 Å². The molecule has 25 heavy (non-hydrogen) atoms. The molecular weight excluding hydrogens is 325 g/mol. The van der Waals surface area contributed by atoms with Crippen LogP contribution in [0.4, 0.5) is 5.69 Å². The Labute approximate surface area is 147 Å². The third kappa shape index (κ3) is 2.86. The highest BCUT2D eigenvalue weighted by atomic mass is 31.2. The van der Waals surface area contributed by atoms with Gasteiger partial charge in [0.25, 0.3) is 0 Å². The summed E-state index contributed by atoms with van der Waals surface area (Å²) >= 11 is 0. The summed E-state index contributed by atoms with van der Waals surface area (Å²) < 4.78 is 14.4. The number of allylic oxidation sites excluding steroid dienone is 2. The SMILES string of the molecule is O=P(C1=CC=Cc2ccccc2N1)(c1ccccc1)c1ccccc1. The van der Waals surface area contributed by atoms with E-state index in [0.29, 0.717) is 0 Å². The molecular formula is C22H18NOP. The third-order valence-electron chi connectivity index (χ3n) is 4.33. The average molecular weight is 343 g/mol. The molecule has 4 rings (SSSR count). The number of fused-ring (bicyclic) bond motifs is 1. The van der Waals surface area contributed by atoms with Crippen molar-refractivity contribution in [3.8, 4) is 0 Å². The predicted octanol–water partition coefficient (Wildman–Crippen LogP) is 4.98. The lowest BCUT2D eigenvalue weighted by atomic mass is 10.2. The molecule has 1 aliphatic heterocycles. The minimum atomic E-state index is -2.98. The zero-order valence-electron chi connectivity index (χ0n) is 13.7. The fraction of sp³-hybridized carbons (Fsp3) is 0. The van der Waals surface area contributed by atoms with Gasteiger partial charge in [-0.05, 0) is 17.7 Å². The average Bonchev–Trinajstić information content (AvgIpc) is 2.91. The van der Waals surface area contributed by atoms with Crippen molar-refractivity contribution in [1.82, 2.24) is 0 Å². The highest BCUT2D eigenvalue weighted by molar-refractivity contribution is 7.82. The van der Waals surface area contributed by atoms with E-state index in [2.05, 4.69) is 5.32 Å². The molecule has 0 saturated carbocycles. The van der Waals surface area contributed by atoms with E-state index in [4.69, 9.17) is 0 Å². The quantitative estimate of drug-likeness (QED) is 0.680. The largest absolute Gasteiger partial charge is 0.352 e. The summed E-state index contributed by atoms with van der Waals surface area (Å²) in [6.45, 7) is 0. The van der Waals surface area contributed by atoms with Gasteiger partial charge in [-0.1, -0.05) is 91.0 Å². The van der Waals surface area contributed by atoms with E-state index in [1.807, 2.05) is 103 Å². The third-order valence-corrected chi connectivity index (χ3v) is 7.32. The minimum absolute atomic E-state index is 0.728. The Bertz CT molecular complexity index is 947. The normalized spacial score (nSPS) is 13.4. The van der Waals surface area contributed by atoms with Crippen LogP contribution < -0.4 is 15.9 Å². The van der Waals surface area contributed by atoms with E-state index in [1.165, 1.54) is 0 Å². The molecule has 1 N–H and O–H groups in total. The first-order valence-corrected chi connectivity index (χ1v) is 9.95. The Balaban J connectivity index is 1.90. The standard InChI is InChI=1S/C22H18NOP/c24-25(19-12-3-1-4-13-19,20-14-5-2-6-15-20)22-17-9-11-18-10-7-8-16-21(18)23-22/h1-17,23H. The molecule has 2 nitrogen and oxygen atoms in total. The van der Waals surface area contributed by atoms with Crippen LogP contribution in [-0.2, 0) is 4.57 Å². The van der Waals surface area contributed by atoms with Crippen LogP contribution in [0, 0.1) is 0 Å². The van der Waals surface area contributed by atoms with E-state index in [9.17, 15) is 4.57 Å². The molecule has 3 heteroatoms. The number of anilines is 1. The van der Waals surface area contributed by atoms with E-state index in [1.54, 1.807) is 0 Å². The zero-order chi connectivity index (χ0) is 17.1. The van der Waals surface area contributed by atoms with Gasteiger partial charge in [0.2, 0.25) is 0 Å². The lowest BCUT2D eigenvalue weighted by molar-refractivity contribution is 0.590. The molecule has 3 aromatic rings. The Morgan fingerprint density at radius 2 is 1.24 bits per heavy atom. The van der Waals surface area contributed by atoms with E-state index < -0.39 is 7.14 Å². The van der Waals surface area contributed by atoms with Gasteiger partial charge in [0.05, 0.1) is 5.44 Å². The summed E-state index contributed by atoms with van der Waals surface area (Å²) in [6, 6.07) is 27.5. The fourth-order valence-electron chi connectivity index (χ4n) is 3.07. The first-order chi connectivity index (χ1) is 12.3. The summed E-state index contributed by atoms with van der Waals surface area (Å²) in [5.74, 6) is 0. The first kappa shape index (κ1) is 15.7. The Morgan fingerprint density at radius 3 is 1.88 bits per heavy atom. The van der Waals surface area contributed by atoms with Crippen molar-refractivity contribution in [2.45, 2.75) is 0 Å². The topological polar surface area (TPSA) is 29.1 Å². The number of benzene rings is 3. The summed E-state index contributed by atoms with van der Waals surface area (Å²) in [5.41, 5.74) is 2.78. The molecule has 0 spiro atoms. The van der Waals surface area contributed by atoms with Crippen LogP contribution in [0.25, 0.3) is 6.08 Å². The van der Waals surface area contributed by atoms with Gasteiger partial charge in [-0.3, -0.25) is 0 Å². The van der Waals surface area contributed by atoms with Gasteiger partial charge < -0.3 is 9.88 Å². The smallest absolute Gasteiger partial charge is 0.186 e. The predicted molar refractivity (Wildman–Crippen MR) is 107 cm³/mol. The molecule has 0 radical (unpaired) electrons. The van der Waals surface area contributed by atoms with Crippen LogP contribution >= 0.6 is 7.14 Å². The maximum Gasteiger partial charge on any atom is 0.186 e. The molecule has 0 unspecified atom stereocenters. The lowest BCUT2D eigenvalue weighted by Gasteiger charge is -2.23. The number of hydrogen-bond donors (Lipinski definition) is 1. The molecule has 0 aliphatic carbocycles. The van der Waals surface area contributed by atoms with Crippen LogP contribution in [0.3, 0.4) is 0 Å². The second kappa shape index (κ2) is 6.58. The molecule has 1 aliphatic rings. The molecule has 0 atom stereocenters. The van der Waals surface area contributed by atoms with E-state index in [-0.39, 0.29) is 0 Å². The van der Waals surface area contributed by atoms with Gasteiger partial charge >= 0.3 is 0 Å². The summed E-state index contributed by atoms with van der Waals surface area (Å²) in [4.78, 5) is 0. The van der Waals surface area contributed by atoms with Crippen LogP contribution in [0.1, 0.15) is 5.56 Å². The van der Waals surface area contributed by atoms with Crippen molar-refractivity contribution >= 4 is 29.5 Å². The van der Waals surface area contributed by atoms with Gasteiger partial charge in [0, 0.05) is 16.3 Å². The van der Waals surface area contributed by atoms with Crippen molar-refractivity contribution in [1.29, 1.82) is 0 Å². The minimum Gasteiger partial charge on any atom is -0.352 e. The number of rotatable bonds is 3. The molecule has 0 amide bonds. The second-order valence-corrected chi connectivity index (χ2v) is 8.64. The molecule has 122 valence electrons. The van der Waals surface area contributed by atoms with Crippen molar-refractivity contribution in [3.05, 3.63) is 108 Å². The number of para-hydroxylation sites is 1. The monoisotopic (exact) mass is 343 g/mol. The van der Waals surface area contributed by atoms with Crippen LogP contribution in [0.5, 0.6) is 0 Å². The van der Waals surface area contributed by atoms with Gasteiger partial charge in [-0.25, -0.2) is 0 Å².